The van der Waals surface area contributed by atoms with Crippen molar-refractivity contribution in [1.82, 2.24) is 0 Å². The van der Waals surface area contributed by atoms with E-state index in [0.717, 1.165) is 38.5 Å². The third-order valence-corrected chi connectivity index (χ3v) is 7.42. The molecule has 1 fully saturated rings. The van der Waals surface area contributed by atoms with Crippen LogP contribution in [0.25, 0.3) is 0 Å². The van der Waals surface area contributed by atoms with Crippen molar-refractivity contribution in [1.29, 1.82) is 0 Å². The van der Waals surface area contributed by atoms with Crippen LogP contribution in [0.3, 0.4) is 0 Å². The highest BCUT2D eigenvalue weighted by molar-refractivity contribution is 5.95. The van der Waals surface area contributed by atoms with Gasteiger partial charge < -0.3 is 15.6 Å². The molecule has 0 aromatic heterocycles. The zero-order chi connectivity index (χ0) is 25.2. The summed E-state index contributed by atoms with van der Waals surface area (Å²) in [6, 6.07) is 0. The van der Waals surface area contributed by atoms with Gasteiger partial charge in [0.15, 0.2) is 0 Å². The average molecular weight is 482 g/mol. The summed E-state index contributed by atoms with van der Waals surface area (Å²) in [6.45, 7) is 4.43. The Hall–Kier alpha value is -1.59. The fourth-order valence-electron chi connectivity index (χ4n) is 5.16. The van der Waals surface area contributed by atoms with Gasteiger partial charge in [-0.3, -0.25) is 14.4 Å². The third-order valence-electron chi connectivity index (χ3n) is 7.42. The maximum Gasteiger partial charge on any atom is 0.316 e. The number of hydrogen-bond acceptors (Lipinski definition) is 4. The first kappa shape index (κ1) is 30.4. The van der Waals surface area contributed by atoms with Crippen molar-refractivity contribution >= 4 is 17.8 Å². The van der Waals surface area contributed by atoms with Gasteiger partial charge in [-0.25, -0.2) is 0 Å². The molecule has 3 N–H and O–H groups in total. The molecule has 198 valence electrons. The van der Waals surface area contributed by atoms with Gasteiger partial charge in [-0.15, -0.1) is 0 Å². The Bertz CT molecular complexity index is 565. The van der Waals surface area contributed by atoms with Crippen LogP contribution in [0, 0.1) is 17.8 Å². The van der Waals surface area contributed by atoms with Crippen molar-refractivity contribution in [2.75, 3.05) is 0 Å². The van der Waals surface area contributed by atoms with Crippen LogP contribution in [0.15, 0.2) is 0 Å². The molecule has 1 aliphatic rings. The molecule has 1 heterocycles. The van der Waals surface area contributed by atoms with Gasteiger partial charge in [0.05, 0.1) is 5.92 Å². The number of esters is 1. The lowest BCUT2D eigenvalue weighted by Crippen LogP contribution is -2.46. The topological polar surface area (TPSA) is 107 Å². The zero-order valence-corrected chi connectivity index (χ0v) is 21.9. The number of unbranched alkanes of at least 4 members (excludes halogenated alkanes) is 11. The number of hydrogen-bond donors (Lipinski definition) is 2. The molecule has 0 spiro atoms. The first-order chi connectivity index (χ1) is 16.4. The Morgan fingerprint density at radius 3 is 1.88 bits per heavy atom. The maximum atomic E-state index is 12.0. The van der Waals surface area contributed by atoms with Crippen LogP contribution in [-0.4, -0.2) is 29.1 Å². The van der Waals surface area contributed by atoms with Crippen LogP contribution in [0.1, 0.15) is 136 Å². The minimum Gasteiger partial charge on any atom is -0.481 e. The summed E-state index contributed by atoms with van der Waals surface area (Å²) in [4.78, 5) is 34.7. The van der Waals surface area contributed by atoms with E-state index in [4.69, 9.17) is 10.5 Å². The summed E-state index contributed by atoms with van der Waals surface area (Å²) in [7, 11) is 0. The Morgan fingerprint density at radius 1 is 0.824 bits per heavy atom. The number of amides is 1. The molecule has 0 saturated carbocycles. The van der Waals surface area contributed by atoms with Crippen molar-refractivity contribution in [3.05, 3.63) is 0 Å². The molecule has 1 amide bonds. The predicted octanol–water partition coefficient (Wildman–Crippen LogP) is 6.78. The SMILES string of the molecule is CCCCCCCCCCC[C@@H](CCC[C@@H](C(N)=O)C(=O)O)C[C@@H]1OC(=O)[C@H]1CCCCCC. The number of carboxylic acid groups (broad SMARTS) is 1. The summed E-state index contributed by atoms with van der Waals surface area (Å²) < 4.78 is 5.53. The lowest BCUT2D eigenvalue weighted by atomic mass is 9.81. The molecule has 0 unspecified atom stereocenters. The predicted molar refractivity (Wildman–Crippen MR) is 136 cm³/mol. The first-order valence-electron chi connectivity index (χ1n) is 14.1. The van der Waals surface area contributed by atoms with Crippen molar-refractivity contribution < 1.29 is 24.2 Å². The number of rotatable bonds is 23. The van der Waals surface area contributed by atoms with Crippen LogP contribution in [-0.2, 0) is 19.1 Å². The Kier molecular flexibility index (Phi) is 16.7. The van der Waals surface area contributed by atoms with Crippen LogP contribution in [0.4, 0.5) is 0 Å². The molecule has 0 aromatic carbocycles. The van der Waals surface area contributed by atoms with Crippen LogP contribution < -0.4 is 5.73 Å². The minimum atomic E-state index is -1.14. The Morgan fingerprint density at radius 2 is 1.35 bits per heavy atom. The molecule has 0 bridgehead atoms. The number of nitrogens with two attached hydrogens (primary N) is 1. The van der Waals surface area contributed by atoms with Crippen molar-refractivity contribution in [3.8, 4) is 0 Å². The minimum absolute atomic E-state index is 0.00380. The number of carbonyl (C=O) groups excluding carboxylic acids is 2. The maximum absolute atomic E-state index is 12.0. The first-order valence-corrected chi connectivity index (χ1v) is 14.1. The summed E-state index contributed by atoms with van der Waals surface area (Å²) >= 11 is 0. The van der Waals surface area contributed by atoms with E-state index in [1.54, 1.807) is 0 Å². The summed E-state index contributed by atoms with van der Waals surface area (Å²) in [6.07, 6.45) is 20.8. The highest BCUT2D eigenvalue weighted by atomic mass is 16.6. The van der Waals surface area contributed by atoms with Crippen LogP contribution in [0.2, 0.25) is 0 Å². The van der Waals surface area contributed by atoms with Gasteiger partial charge in [-0.2, -0.15) is 0 Å². The molecule has 4 atom stereocenters. The lowest BCUT2D eigenvalue weighted by molar-refractivity contribution is -0.187. The molecule has 1 rings (SSSR count). The Labute approximate surface area is 207 Å². The number of primary amides is 1. The largest absolute Gasteiger partial charge is 0.481 e. The van der Waals surface area contributed by atoms with Crippen LogP contribution >= 0.6 is 0 Å². The fourth-order valence-corrected chi connectivity index (χ4v) is 5.16. The highest BCUT2D eigenvalue weighted by Crippen LogP contribution is 2.35. The highest BCUT2D eigenvalue weighted by Gasteiger charge is 2.42. The van der Waals surface area contributed by atoms with Gasteiger partial charge in [-0.05, 0) is 25.2 Å². The Balaban J connectivity index is 2.46. The monoisotopic (exact) mass is 481 g/mol. The van der Waals surface area contributed by atoms with E-state index in [-0.39, 0.29) is 24.4 Å². The molecule has 1 aliphatic heterocycles. The van der Waals surface area contributed by atoms with Crippen molar-refractivity contribution in [2.24, 2.45) is 23.5 Å². The number of cyclic esters (lactones) is 1. The molecular formula is C28H51NO5. The van der Waals surface area contributed by atoms with E-state index in [1.165, 1.54) is 70.6 Å². The average Bonchev–Trinajstić information content (AvgIpc) is 2.79. The second kappa shape index (κ2) is 18.7. The number of ether oxygens (including phenoxy) is 1. The van der Waals surface area contributed by atoms with E-state index >= 15 is 0 Å². The second-order valence-corrected chi connectivity index (χ2v) is 10.4. The molecule has 0 radical (unpaired) electrons. The molecule has 1 saturated heterocycles. The standard InChI is InChI=1S/C28H51NO5/c1-3-5-7-9-10-11-12-13-14-17-22(18-16-20-24(26(29)30)27(31)32)21-25-23(28(33)34-25)19-15-8-6-4-2/h22-25H,3-21H2,1-2H3,(H2,29,30)(H,31,32)/t22-,23-,24-,25-/m0/s1. The van der Waals surface area contributed by atoms with Gasteiger partial charge in [0.1, 0.15) is 12.0 Å². The quantitative estimate of drug-likeness (QED) is 0.0950. The van der Waals surface area contributed by atoms with E-state index in [1.807, 2.05) is 0 Å². The summed E-state index contributed by atoms with van der Waals surface area (Å²) in [5.41, 5.74) is 5.26. The molecule has 0 aliphatic carbocycles. The van der Waals surface area contributed by atoms with E-state index < -0.39 is 17.8 Å². The van der Waals surface area contributed by atoms with Gasteiger partial charge in [0.2, 0.25) is 5.91 Å². The van der Waals surface area contributed by atoms with Gasteiger partial charge in [0.25, 0.3) is 0 Å². The van der Waals surface area contributed by atoms with Crippen molar-refractivity contribution in [3.63, 3.8) is 0 Å². The second-order valence-electron chi connectivity index (χ2n) is 10.4. The molecule has 34 heavy (non-hydrogen) atoms. The van der Waals surface area contributed by atoms with Gasteiger partial charge in [0, 0.05) is 0 Å². The number of carbonyl (C=O) groups is 3. The van der Waals surface area contributed by atoms with E-state index in [0.29, 0.717) is 12.3 Å². The molecule has 6 nitrogen and oxygen atoms in total. The molecule has 6 heteroatoms. The normalized spacial score (nSPS) is 19.3. The van der Waals surface area contributed by atoms with E-state index in [9.17, 15) is 19.5 Å². The van der Waals surface area contributed by atoms with Crippen molar-refractivity contribution in [2.45, 2.75) is 142 Å². The van der Waals surface area contributed by atoms with Crippen LogP contribution in [0.5, 0.6) is 0 Å². The summed E-state index contributed by atoms with van der Waals surface area (Å²) in [5.74, 6) is -2.64. The third kappa shape index (κ3) is 12.8. The zero-order valence-electron chi connectivity index (χ0n) is 21.9. The number of aliphatic carboxylic acids is 1. The fraction of sp³-hybridized carbons (Fsp3) is 0.893. The van der Waals surface area contributed by atoms with Gasteiger partial charge in [-0.1, -0.05) is 117 Å². The van der Waals surface area contributed by atoms with E-state index in [2.05, 4.69) is 13.8 Å². The van der Waals surface area contributed by atoms with Gasteiger partial charge >= 0.3 is 11.9 Å². The summed E-state index contributed by atoms with van der Waals surface area (Å²) in [5, 5.41) is 9.22. The molecular weight excluding hydrogens is 430 g/mol. The smallest absolute Gasteiger partial charge is 0.316 e. The lowest BCUT2D eigenvalue weighted by Gasteiger charge is -2.37. The molecule has 0 aromatic rings. The number of carboxylic acids is 1.